The molecule has 1 unspecified atom stereocenters. The van der Waals surface area contributed by atoms with E-state index in [0.29, 0.717) is 12.5 Å². The number of aromatic nitrogens is 1. The Balaban J connectivity index is 2.95. The Morgan fingerprint density at radius 3 is 2.41 bits per heavy atom. The summed E-state index contributed by atoms with van der Waals surface area (Å²) in [5.74, 6) is -1.11. The summed E-state index contributed by atoms with van der Waals surface area (Å²) < 4.78 is 11.1. The molecule has 1 heterocycles. The molecule has 1 atom stereocenters. The molecule has 0 aliphatic rings. The number of ether oxygens (including phenoxy) is 1. The van der Waals surface area contributed by atoms with Gasteiger partial charge in [-0.05, 0) is 5.92 Å². The number of nitrogens with one attached hydrogen (secondary N) is 3. The number of carbonyl (C=O) groups is 4. The maximum absolute atomic E-state index is 13.0. The molecule has 1 aromatic rings. The fourth-order valence-corrected chi connectivity index (χ4v) is 3.87. The van der Waals surface area contributed by atoms with E-state index in [1.54, 1.807) is 6.07 Å². The van der Waals surface area contributed by atoms with Gasteiger partial charge < -0.3 is 0 Å². The number of hydrogen-bond donors (Lipinski definition) is 3. The molecule has 0 bridgehead atoms. The predicted molar refractivity (Wildman–Crippen MR) is 146 cm³/mol. The standard InChI is InChI=1S/C25H41N4O7P/c1-7-18(8-2)16-26-21(30)17-29-15-11-13-20(24(29)33)27-23(32)19(12-9-10-14-22(31)35-3)28-25(34)36-37(4,5)6/h10-11,13-15,18-19,37H,7-9,12,16-17H2,1-6H3,(H,26,30)(H,27,32)(H,28,34)/b14-10+. The first kappa shape index (κ1) is 31.8. The number of carbonyl (C=O) groups excluding carboxylic acids is 4. The summed E-state index contributed by atoms with van der Waals surface area (Å²) in [6.07, 6.45) is 5.76. The predicted octanol–water partition coefficient (Wildman–Crippen LogP) is 2.50. The van der Waals surface area contributed by atoms with Crippen molar-refractivity contribution in [3.05, 3.63) is 40.8 Å². The molecule has 37 heavy (non-hydrogen) atoms. The monoisotopic (exact) mass is 540 g/mol. The van der Waals surface area contributed by atoms with Crippen molar-refractivity contribution in [3.8, 4) is 0 Å². The molecule has 0 saturated heterocycles. The SMILES string of the molecule is CCC(CC)CNC(=O)Cn1cccc(NC(=O)C(CC/C=C/C(=O)OC)NC(=O)O[PH](C)(C)C)c1=O. The minimum atomic E-state index is -2.22. The van der Waals surface area contributed by atoms with Crippen molar-refractivity contribution in [3.63, 3.8) is 0 Å². The normalized spacial score (nSPS) is 12.6. The zero-order valence-corrected chi connectivity index (χ0v) is 23.6. The number of amides is 3. The van der Waals surface area contributed by atoms with Gasteiger partial charge in [-0.15, -0.1) is 0 Å². The molecule has 1 aromatic heterocycles. The fourth-order valence-electron chi connectivity index (χ4n) is 3.25. The van der Waals surface area contributed by atoms with Crippen LogP contribution in [-0.2, 0) is 30.2 Å². The summed E-state index contributed by atoms with van der Waals surface area (Å²) in [7, 11) is -0.965. The van der Waals surface area contributed by atoms with Gasteiger partial charge in [0.25, 0.3) is 0 Å². The molecule has 3 amide bonds. The molecule has 0 spiro atoms. The number of pyridine rings is 1. The Labute approximate surface area is 218 Å². The Bertz CT molecular complexity index is 1010. The van der Waals surface area contributed by atoms with Crippen LogP contribution in [0.2, 0.25) is 0 Å². The second-order valence-corrected chi connectivity index (χ2v) is 14.0. The van der Waals surface area contributed by atoms with E-state index in [4.69, 9.17) is 4.52 Å². The van der Waals surface area contributed by atoms with Gasteiger partial charge in [-0.2, -0.15) is 0 Å². The number of hydrogen-bond acceptors (Lipinski definition) is 7. The maximum atomic E-state index is 13.0. The van der Waals surface area contributed by atoms with Crippen LogP contribution >= 0.6 is 7.49 Å². The van der Waals surface area contributed by atoms with Crippen LogP contribution in [-0.4, -0.2) is 68.1 Å². The molecule has 0 fully saturated rings. The Morgan fingerprint density at radius 1 is 1.14 bits per heavy atom. The van der Waals surface area contributed by atoms with Crippen LogP contribution in [0.5, 0.6) is 0 Å². The minimum absolute atomic E-state index is 0.0317. The van der Waals surface area contributed by atoms with Crippen LogP contribution in [0.4, 0.5) is 10.5 Å². The van der Waals surface area contributed by atoms with Crippen LogP contribution in [0.25, 0.3) is 0 Å². The van der Waals surface area contributed by atoms with Gasteiger partial charge in [0.15, 0.2) is 0 Å². The van der Waals surface area contributed by atoms with Crippen LogP contribution in [0, 0.1) is 5.92 Å². The van der Waals surface area contributed by atoms with Gasteiger partial charge in [-0.1, -0.05) is 26.7 Å². The van der Waals surface area contributed by atoms with E-state index in [2.05, 4.69) is 34.5 Å². The van der Waals surface area contributed by atoms with Crippen molar-refractivity contribution in [2.45, 2.75) is 52.1 Å². The van der Waals surface area contributed by atoms with Crippen molar-refractivity contribution in [2.75, 3.05) is 39.0 Å². The number of anilines is 1. The van der Waals surface area contributed by atoms with Crippen molar-refractivity contribution in [2.24, 2.45) is 5.92 Å². The number of methoxy groups -OCH3 is 1. The number of allylic oxidation sites excluding steroid dienone is 1. The molecule has 0 aliphatic carbocycles. The van der Waals surface area contributed by atoms with Gasteiger partial charge in [-0.3, -0.25) is 0 Å². The average Bonchev–Trinajstić information content (AvgIpc) is 2.82. The third-order valence-electron chi connectivity index (χ3n) is 5.42. The Kier molecular flexibility index (Phi) is 13.6. The molecular formula is C25H41N4O7P. The van der Waals surface area contributed by atoms with Crippen molar-refractivity contribution < 1.29 is 28.4 Å². The first-order chi connectivity index (χ1) is 17.4. The third kappa shape index (κ3) is 12.5. The third-order valence-corrected chi connectivity index (χ3v) is 6.22. The summed E-state index contributed by atoms with van der Waals surface area (Å²) in [6, 6.07) is 1.93. The van der Waals surface area contributed by atoms with E-state index in [1.807, 2.05) is 20.0 Å². The molecule has 0 radical (unpaired) electrons. The average molecular weight is 541 g/mol. The molecule has 3 N–H and O–H groups in total. The van der Waals surface area contributed by atoms with E-state index in [0.717, 1.165) is 12.8 Å². The topological polar surface area (TPSA) is 145 Å². The van der Waals surface area contributed by atoms with Gasteiger partial charge >= 0.3 is 179 Å². The van der Waals surface area contributed by atoms with Crippen molar-refractivity contribution in [1.82, 2.24) is 15.2 Å². The first-order valence-corrected chi connectivity index (χ1v) is 15.8. The van der Waals surface area contributed by atoms with Gasteiger partial charge in [0.05, 0.1) is 0 Å². The molecule has 0 aliphatic heterocycles. The fraction of sp³-hybridized carbons (Fsp3) is 0.560. The quantitative estimate of drug-likeness (QED) is 0.187. The van der Waals surface area contributed by atoms with Crippen molar-refractivity contribution in [1.29, 1.82) is 0 Å². The van der Waals surface area contributed by atoms with E-state index in [1.165, 1.54) is 36.1 Å². The second-order valence-electron chi connectivity index (χ2n) is 9.53. The summed E-state index contributed by atoms with van der Waals surface area (Å²) in [5.41, 5.74) is -0.585. The van der Waals surface area contributed by atoms with E-state index >= 15 is 0 Å². The zero-order chi connectivity index (χ0) is 28.0. The summed E-state index contributed by atoms with van der Waals surface area (Å²) >= 11 is 0. The molecule has 0 aromatic carbocycles. The number of nitrogens with zero attached hydrogens (tertiary/aromatic N) is 1. The Hall–Kier alpha value is -3.20. The number of esters is 1. The van der Waals surface area contributed by atoms with Crippen LogP contribution in [0.15, 0.2) is 35.3 Å². The molecule has 12 heteroatoms. The molecule has 0 saturated carbocycles. The van der Waals surface area contributed by atoms with E-state index < -0.39 is 37.1 Å². The second kappa shape index (κ2) is 15.8. The summed E-state index contributed by atoms with van der Waals surface area (Å²) in [6.45, 7) is 9.93. The number of rotatable bonds is 14. The van der Waals surface area contributed by atoms with Crippen LogP contribution < -0.4 is 21.5 Å². The van der Waals surface area contributed by atoms with Crippen LogP contribution in [0.3, 0.4) is 0 Å². The molecular weight excluding hydrogens is 499 g/mol. The Morgan fingerprint density at radius 2 is 1.81 bits per heavy atom. The van der Waals surface area contributed by atoms with E-state index in [-0.39, 0.29) is 31.0 Å². The molecule has 11 nitrogen and oxygen atoms in total. The van der Waals surface area contributed by atoms with Gasteiger partial charge in [0.1, 0.15) is 0 Å². The van der Waals surface area contributed by atoms with Crippen molar-refractivity contribution >= 4 is 37.1 Å². The molecule has 1 rings (SSSR count). The first-order valence-electron chi connectivity index (χ1n) is 12.4. The van der Waals surface area contributed by atoms with Gasteiger partial charge in [0.2, 0.25) is 0 Å². The molecule has 208 valence electrons. The zero-order valence-electron chi connectivity index (χ0n) is 22.6. The van der Waals surface area contributed by atoms with Crippen LogP contribution in [0.1, 0.15) is 39.5 Å². The van der Waals surface area contributed by atoms with Gasteiger partial charge in [-0.25, -0.2) is 0 Å². The van der Waals surface area contributed by atoms with Gasteiger partial charge in [0, 0.05) is 6.54 Å². The summed E-state index contributed by atoms with van der Waals surface area (Å²) in [5, 5.41) is 7.92. The van der Waals surface area contributed by atoms with E-state index in [9.17, 15) is 24.0 Å². The summed E-state index contributed by atoms with van der Waals surface area (Å²) in [4.78, 5) is 61.8.